The van der Waals surface area contributed by atoms with Gasteiger partial charge in [-0.3, -0.25) is 9.59 Å². The molecule has 0 saturated heterocycles. The third kappa shape index (κ3) is 2.53. The highest BCUT2D eigenvalue weighted by Crippen LogP contribution is 2.29. The molecule has 0 radical (unpaired) electrons. The Balaban J connectivity index is 1.63. The van der Waals surface area contributed by atoms with Crippen molar-refractivity contribution < 1.29 is 19.5 Å². The van der Waals surface area contributed by atoms with Crippen LogP contribution in [0.4, 0.5) is 5.69 Å². The van der Waals surface area contributed by atoms with Crippen molar-refractivity contribution in [2.75, 3.05) is 4.90 Å². The van der Waals surface area contributed by atoms with Gasteiger partial charge in [-0.1, -0.05) is 12.1 Å². The minimum atomic E-state index is -1.15. The highest BCUT2D eigenvalue weighted by molar-refractivity contribution is 6.34. The maximum atomic E-state index is 12.6. The highest BCUT2D eigenvalue weighted by atomic mass is 16.4. The lowest BCUT2D eigenvalue weighted by Gasteiger charge is -2.14. The number of benzene rings is 2. The van der Waals surface area contributed by atoms with E-state index in [4.69, 9.17) is 5.11 Å². The summed E-state index contributed by atoms with van der Waals surface area (Å²) in [5.74, 6) is -2.15. The molecule has 0 saturated carbocycles. The highest BCUT2D eigenvalue weighted by Gasteiger charge is 2.37. The summed E-state index contributed by atoms with van der Waals surface area (Å²) in [4.78, 5) is 41.2. The maximum Gasteiger partial charge on any atom is 0.335 e. The quantitative estimate of drug-likeness (QED) is 0.721. The van der Waals surface area contributed by atoms with Gasteiger partial charge in [0.2, 0.25) is 0 Å². The molecule has 1 aliphatic rings. The average Bonchev–Trinajstić information content (AvgIpc) is 3.23. The van der Waals surface area contributed by atoms with Crippen LogP contribution in [0.5, 0.6) is 0 Å². The van der Waals surface area contributed by atoms with Gasteiger partial charge in [-0.15, -0.1) is 0 Å². The molecule has 26 heavy (non-hydrogen) atoms. The van der Waals surface area contributed by atoms with Crippen LogP contribution >= 0.6 is 0 Å². The molecule has 2 heterocycles. The molecule has 4 rings (SSSR count). The lowest BCUT2D eigenvalue weighted by molar-refractivity contribution is 0.0696. The molecule has 8 nitrogen and oxygen atoms in total. The summed E-state index contributed by atoms with van der Waals surface area (Å²) < 4.78 is 1.66. The zero-order valence-corrected chi connectivity index (χ0v) is 13.4. The van der Waals surface area contributed by atoms with Gasteiger partial charge in [0, 0.05) is 0 Å². The number of rotatable bonds is 4. The van der Waals surface area contributed by atoms with Crippen LogP contribution in [-0.4, -0.2) is 37.7 Å². The number of anilines is 1. The van der Waals surface area contributed by atoms with Crippen LogP contribution in [0.15, 0.2) is 55.1 Å². The lowest BCUT2D eigenvalue weighted by atomic mass is 10.1. The van der Waals surface area contributed by atoms with Gasteiger partial charge in [0.05, 0.1) is 28.9 Å². The average molecular weight is 348 g/mol. The Bertz CT molecular complexity index is 1030. The number of aromatic carboxylic acids is 1. The summed E-state index contributed by atoms with van der Waals surface area (Å²) in [5, 5.41) is 13.1. The minimum Gasteiger partial charge on any atom is -0.478 e. The van der Waals surface area contributed by atoms with Crippen molar-refractivity contribution in [3.05, 3.63) is 77.4 Å². The Morgan fingerprint density at radius 3 is 2.38 bits per heavy atom. The first-order valence-electron chi connectivity index (χ1n) is 7.72. The van der Waals surface area contributed by atoms with Gasteiger partial charge >= 0.3 is 5.97 Å². The van der Waals surface area contributed by atoms with E-state index in [2.05, 4.69) is 10.1 Å². The Morgan fingerprint density at radius 1 is 1.00 bits per heavy atom. The molecule has 0 bridgehead atoms. The van der Waals surface area contributed by atoms with Crippen LogP contribution in [0, 0.1) is 0 Å². The molecular weight excluding hydrogens is 336 g/mol. The SMILES string of the molecule is O=C(O)c1ccc2c(c1)C(=O)N(c1ccc(Cn3cncn3)cc1)C2=O. The van der Waals surface area contributed by atoms with Crippen LogP contribution in [-0.2, 0) is 6.54 Å². The van der Waals surface area contributed by atoms with Crippen molar-refractivity contribution >= 4 is 23.5 Å². The number of carbonyl (C=O) groups excluding carboxylic acids is 2. The maximum absolute atomic E-state index is 12.6. The molecule has 1 N–H and O–H groups in total. The minimum absolute atomic E-state index is 0.0325. The number of hydrogen-bond donors (Lipinski definition) is 1. The number of imide groups is 1. The summed E-state index contributed by atoms with van der Waals surface area (Å²) in [6, 6.07) is 10.9. The topological polar surface area (TPSA) is 105 Å². The van der Waals surface area contributed by atoms with Gasteiger partial charge in [0.15, 0.2) is 0 Å². The summed E-state index contributed by atoms with van der Waals surface area (Å²) in [5.41, 5.74) is 1.63. The Kier molecular flexibility index (Phi) is 3.58. The van der Waals surface area contributed by atoms with Crippen LogP contribution < -0.4 is 4.90 Å². The van der Waals surface area contributed by atoms with E-state index in [0.29, 0.717) is 12.2 Å². The van der Waals surface area contributed by atoms with Crippen molar-refractivity contribution in [3.8, 4) is 0 Å². The number of carbonyl (C=O) groups is 3. The lowest BCUT2D eigenvalue weighted by Crippen LogP contribution is -2.29. The van der Waals surface area contributed by atoms with Crippen molar-refractivity contribution in [1.29, 1.82) is 0 Å². The molecule has 1 aromatic heterocycles. The predicted molar refractivity (Wildman–Crippen MR) is 90.1 cm³/mol. The first-order chi connectivity index (χ1) is 12.5. The number of nitrogens with zero attached hydrogens (tertiary/aromatic N) is 4. The molecule has 3 aromatic rings. The van der Waals surface area contributed by atoms with Crippen LogP contribution in [0.2, 0.25) is 0 Å². The first-order valence-corrected chi connectivity index (χ1v) is 7.72. The van der Waals surface area contributed by atoms with Crippen molar-refractivity contribution in [2.45, 2.75) is 6.54 Å². The Morgan fingerprint density at radius 2 is 1.73 bits per heavy atom. The van der Waals surface area contributed by atoms with Crippen molar-refractivity contribution in [3.63, 3.8) is 0 Å². The number of hydrogen-bond acceptors (Lipinski definition) is 5. The fourth-order valence-electron chi connectivity index (χ4n) is 2.86. The van der Waals surface area contributed by atoms with Crippen molar-refractivity contribution in [1.82, 2.24) is 14.8 Å². The molecule has 128 valence electrons. The number of carboxylic acids is 1. The van der Waals surface area contributed by atoms with Gasteiger partial charge in [-0.05, 0) is 35.9 Å². The molecule has 2 amide bonds. The van der Waals surface area contributed by atoms with E-state index in [0.717, 1.165) is 10.5 Å². The van der Waals surface area contributed by atoms with E-state index in [1.165, 1.54) is 24.5 Å². The predicted octanol–water partition coefficient (Wildman–Crippen LogP) is 1.83. The van der Waals surface area contributed by atoms with E-state index < -0.39 is 17.8 Å². The van der Waals surface area contributed by atoms with E-state index in [-0.39, 0.29) is 16.7 Å². The van der Waals surface area contributed by atoms with E-state index in [9.17, 15) is 14.4 Å². The number of fused-ring (bicyclic) bond motifs is 1. The van der Waals surface area contributed by atoms with E-state index in [1.807, 2.05) is 0 Å². The molecule has 0 atom stereocenters. The summed E-state index contributed by atoms with van der Waals surface area (Å²) >= 11 is 0. The zero-order valence-electron chi connectivity index (χ0n) is 13.4. The van der Waals surface area contributed by atoms with Gasteiger partial charge in [-0.2, -0.15) is 5.10 Å². The monoisotopic (exact) mass is 348 g/mol. The van der Waals surface area contributed by atoms with Gasteiger partial charge in [0.1, 0.15) is 12.7 Å². The fraction of sp³-hybridized carbons (Fsp3) is 0.0556. The normalized spacial score (nSPS) is 13.2. The number of amides is 2. The van der Waals surface area contributed by atoms with Crippen LogP contribution in [0.1, 0.15) is 36.6 Å². The molecule has 2 aromatic carbocycles. The van der Waals surface area contributed by atoms with Crippen LogP contribution in [0.3, 0.4) is 0 Å². The van der Waals surface area contributed by atoms with E-state index >= 15 is 0 Å². The third-order valence-corrected chi connectivity index (χ3v) is 4.14. The largest absolute Gasteiger partial charge is 0.478 e. The van der Waals surface area contributed by atoms with Crippen molar-refractivity contribution in [2.24, 2.45) is 0 Å². The van der Waals surface area contributed by atoms with E-state index in [1.54, 1.807) is 35.3 Å². The first kappa shape index (κ1) is 15.7. The zero-order chi connectivity index (χ0) is 18.3. The molecule has 8 heteroatoms. The molecule has 0 unspecified atom stereocenters. The molecule has 0 fully saturated rings. The van der Waals surface area contributed by atoms with Gasteiger partial charge < -0.3 is 5.11 Å². The molecule has 0 aliphatic carbocycles. The summed E-state index contributed by atoms with van der Waals surface area (Å²) in [7, 11) is 0. The molecular formula is C18H12N4O4. The fourth-order valence-corrected chi connectivity index (χ4v) is 2.86. The third-order valence-electron chi connectivity index (χ3n) is 4.14. The Labute approximate surface area is 147 Å². The molecule has 1 aliphatic heterocycles. The number of carboxylic acid groups (broad SMARTS) is 1. The van der Waals surface area contributed by atoms with Gasteiger partial charge in [-0.25, -0.2) is 19.4 Å². The Hall–Kier alpha value is -3.81. The number of aromatic nitrogens is 3. The second-order valence-corrected chi connectivity index (χ2v) is 5.77. The second-order valence-electron chi connectivity index (χ2n) is 5.77. The van der Waals surface area contributed by atoms with Crippen LogP contribution in [0.25, 0.3) is 0 Å². The standard InChI is InChI=1S/C18H12N4O4/c23-16-14-6-3-12(18(25)26)7-15(14)17(24)22(16)13-4-1-11(2-5-13)8-21-10-19-9-20-21/h1-7,9-10H,8H2,(H,25,26). The van der Waals surface area contributed by atoms with Gasteiger partial charge in [0.25, 0.3) is 11.8 Å². The smallest absolute Gasteiger partial charge is 0.335 e. The summed E-state index contributed by atoms with van der Waals surface area (Å²) in [6.07, 6.45) is 3.04. The summed E-state index contributed by atoms with van der Waals surface area (Å²) in [6.45, 7) is 0.518. The molecule has 0 spiro atoms. The second kappa shape index (κ2) is 5.92.